The molecule has 0 radical (unpaired) electrons. The lowest BCUT2D eigenvalue weighted by molar-refractivity contribution is -0.117. The highest BCUT2D eigenvalue weighted by Crippen LogP contribution is 2.33. The topological polar surface area (TPSA) is 117 Å². The molecule has 2 aromatic rings. The molecule has 1 fully saturated rings. The lowest BCUT2D eigenvalue weighted by Gasteiger charge is -2.46. The molecule has 1 heterocycles. The molecule has 8 heteroatoms. The summed E-state index contributed by atoms with van der Waals surface area (Å²) in [7, 11) is 0. The number of rotatable bonds is 6. The van der Waals surface area contributed by atoms with Gasteiger partial charge in [-0.2, -0.15) is 5.26 Å². The number of nitriles is 1. The molecular weight excluding hydrogens is 440 g/mol. The molecule has 174 valence electrons. The fourth-order valence-electron chi connectivity index (χ4n) is 4.66. The lowest BCUT2D eigenvalue weighted by Crippen LogP contribution is -2.62. The van der Waals surface area contributed by atoms with Crippen LogP contribution in [0.1, 0.15) is 62.0 Å². The number of piperidine rings is 1. The highest BCUT2D eigenvalue weighted by atomic mass is 35.5. The zero-order chi connectivity index (χ0) is 24.4. The first kappa shape index (κ1) is 24.6. The monoisotopic (exact) mass is 468 g/mol. The first-order valence-corrected chi connectivity index (χ1v) is 11.1. The number of carbonyl (C=O) groups excluding carboxylic acids is 2. The lowest BCUT2D eigenvalue weighted by atomic mass is 9.79. The Hall–Kier alpha value is -3.08. The SMILES string of the molecule is CC1(C)CC(NC(=O)c2ccc(Oc3cccc(CC(N)=O)c3C#N)c(Cl)c2)CC(C)(C)N1. The Morgan fingerprint density at radius 3 is 2.42 bits per heavy atom. The van der Waals surface area contributed by atoms with E-state index in [4.69, 9.17) is 22.1 Å². The normalized spacial score (nSPS) is 17.1. The number of hydrogen-bond acceptors (Lipinski definition) is 5. The second-order valence-corrected chi connectivity index (χ2v) is 10.2. The van der Waals surface area contributed by atoms with E-state index in [9.17, 15) is 14.9 Å². The number of nitrogens with one attached hydrogen (secondary N) is 2. The average Bonchev–Trinajstić information content (AvgIpc) is 2.66. The van der Waals surface area contributed by atoms with Crippen LogP contribution in [0, 0.1) is 11.3 Å². The largest absolute Gasteiger partial charge is 0.454 e. The van der Waals surface area contributed by atoms with Gasteiger partial charge in [0.15, 0.2) is 0 Å². The van der Waals surface area contributed by atoms with Crippen molar-refractivity contribution in [2.75, 3.05) is 0 Å². The van der Waals surface area contributed by atoms with E-state index < -0.39 is 5.91 Å². The number of nitrogens with zero attached hydrogens (tertiary/aromatic N) is 1. The van der Waals surface area contributed by atoms with Gasteiger partial charge in [-0.15, -0.1) is 0 Å². The van der Waals surface area contributed by atoms with Crippen molar-refractivity contribution in [2.24, 2.45) is 5.73 Å². The van der Waals surface area contributed by atoms with Crippen molar-refractivity contribution >= 4 is 23.4 Å². The molecule has 4 N–H and O–H groups in total. The van der Waals surface area contributed by atoms with E-state index in [1.165, 1.54) is 0 Å². The molecule has 0 atom stereocenters. The maximum absolute atomic E-state index is 12.9. The number of primary amides is 1. The maximum Gasteiger partial charge on any atom is 0.251 e. The van der Waals surface area contributed by atoms with Crippen LogP contribution < -0.4 is 21.1 Å². The molecule has 1 saturated heterocycles. The summed E-state index contributed by atoms with van der Waals surface area (Å²) in [6.07, 6.45) is 1.56. The molecule has 0 aromatic heterocycles. The number of nitrogens with two attached hydrogens (primary N) is 1. The molecule has 0 bridgehead atoms. The highest BCUT2D eigenvalue weighted by molar-refractivity contribution is 6.32. The summed E-state index contributed by atoms with van der Waals surface area (Å²) in [6.45, 7) is 8.52. The molecule has 0 spiro atoms. The number of ether oxygens (including phenoxy) is 1. The van der Waals surface area contributed by atoms with Crippen LogP contribution >= 0.6 is 11.6 Å². The maximum atomic E-state index is 12.9. The Morgan fingerprint density at radius 1 is 1.18 bits per heavy atom. The standard InChI is InChI=1S/C25H29ClN4O3/c1-24(2)12-17(13-25(3,4)30-24)29-23(32)16-8-9-21(19(26)10-16)33-20-7-5-6-15(11-22(28)31)18(20)14-27/h5-10,17,30H,11-13H2,1-4H3,(H2,28,31)(H,29,32). The van der Waals surface area contributed by atoms with Crippen molar-refractivity contribution in [3.63, 3.8) is 0 Å². The summed E-state index contributed by atoms with van der Waals surface area (Å²) < 4.78 is 5.85. The summed E-state index contributed by atoms with van der Waals surface area (Å²) in [4.78, 5) is 24.2. The minimum absolute atomic E-state index is 0.0321. The van der Waals surface area contributed by atoms with Crippen molar-refractivity contribution in [1.29, 1.82) is 5.26 Å². The van der Waals surface area contributed by atoms with Crippen LogP contribution in [0.3, 0.4) is 0 Å². The Morgan fingerprint density at radius 2 is 1.85 bits per heavy atom. The summed E-state index contributed by atoms with van der Waals surface area (Å²) >= 11 is 6.40. The van der Waals surface area contributed by atoms with E-state index in [0.717, 1.165) is 12.8 Å². The Balaban J connectivity index is 1.76. The minimum atomic E-state index is -0.544. The average molecular weight is 469 g/mol. The van der Waals surface area contributed by atoms with E-state index in [1.807, 2.05) is 0 Å². The predicted molar refractivity (Wildman–Crippen MR) is 127 cm³/mol. The molecule has 0 unspecified atom stereocenters. The molecule has 1 aliphatic rings. The van der Waals surface area contributed by atoms with Gasteiger partial charge in [0.2, 0.25) is 5.91 Å². The van der Waals surface area contributed by atoms with Crippen LogP contribution in [0.25, 0.3) is 0 Å². The van der Waals surface area contributed by atoms with Crippen LogP contribution in [0.4, 0.5) is 0 Å². The Labute approximate surface area is 199 Å². The smallest absolute Gasteiger partial charge is 0.251 e. The van der Waals surface area contributed by atoms with Crippen LogP contribution in [-0.2, 0) is 11.2 Å². The van der Waals surface area contributed by atoms with E-state index >= 15 is 0 Å². The molecule has 2 aromatic carbocycles. The summed E-state index contributed by atoms with van der Waals surface area (Å²) in [6, 6.07) is 11.8. The molecule has 7 nitrogen and oxygen atoms in total. The van der Waals surface area contributed by atoms with Crippen molar-refractivity contribution in [3.05, 3.63) is 58.1 Å². The van der Waals surface area contributed by atoms with Gasteiger partial charge in [-0.1, -0.05) is 23.7 Å². The number of carbonyl (C=O) groups is 2. The van der Waals surface area contributed by atoms with Crippen molar-refractivity contribution in [3.8, 4) is 17.6 Å². The van der Waals surface area contributed by atoms with Crippen molar-refractivity contribution in [1.82, 2.24) is 10.6 Å². The number of amides is 2. The Kier molecular flexibility index (Phi) is 7.01. The number of halogens is 1. The third-order valence-corrected chi connectivity index (χ3v) is 5.82. The van der Waals surface area contributed by atoms with Gasteiger partial charge in [-0.3, -0.25) is 9.59 Å². The van der Waals surface area contributed by atoms with E-state index in [-0.39, 0.29) is 45.8 Å². The van der Waals surface area contributed by atoms with E-state index in [2.05, 4.69) is 44.4 Å². The zero-order valence-electron chi connectivity index (χ0n) is 19.3. The van der Waals surface area contributed by atoms with Crippen LogP contribution in [0.15, 0.2) is 36.4 Å². The fraction of sp³-hybridized carbons (Fsp3) is 0.400. The summed E-state index contributed by atoms with van der Waals surface area (Å²) in [5.41, 5.74) is 6.20. The predicted octanol–water partition coefficient (Wildman–Crippen LogP) is 4.07. The van der Waals surface area contributed by atoms with Gasteiger partial charge in [0, 0.05) is 22.7 Å². The zero-order valence-corrected chi connectivity index (χ0v) is 20.0. The number of hydrogen-bond donors (Lipinski definition) is 3. The van der Waals surface area contributed by atoms with Crippen molar-refractivity contribution < 1.29 is 14.3 Å². The van der Waals surface area contributed by atoms with Crippen LogP contribution in [0.5, 0.6) is 11.5 Å². The first-order valence-electron chi connectivity index (χ1n) is 10.8. The first-order chi connectivity index (χ1) is 15.4. The van der Waals surface area contributed by atoms with Gasteiger partial charge in [-0.05, 0) is 70.4 Å². The molecule has 0 saturated carbocycles. The van der Waals surface area contributed by atoms with Crippen LogP contribution in [-0.4, -0.2) is 28.9 Å². The van der Waals surface area contributed by atoms with Gasteiger partial charge >= 0.3 is 0 Å². The molecular formula is C25H29ClN4O3. The van der Waals surface area contributed by atoms with Gasteiger partial charge in [0.05, 0.1) is 17.0 Å². The second-order valence-electron chi connectivity index (χ2n) is 9.76. The van der Waals surface area contributed by atoms with E-state index in [0.29, 0.717) is 16.9 Å². The van der Waals surface area contributed by atoms with Gasteiger partial charge < -0.3 is 21.1 Å². The fourth-order valence-corrected chi connectivity index (χ4v) is 4.88. The van der Waals surface area contributed by atoms with Gasteiger partial charge in [0.1, 0.15) is 17.6 Å². The van der Waals surface area contributed by atoms with Gasteiger partial charge in [-0.25, -0.2) is 0 Å². The highest BCUT2D eigenvalue weighted by Gasteiger charge is 2.38. The third-order valence-electron chi connectivity index (χ3n) is 5.53. The Bertz CT molecular complexity index is 1110. The molecule has 33 heavy (non-hydrogen) atoms. The quantitative estimate of drug-likeness (QED) is 0.590. The molecule has 3 rings (SSSR count). The van der Waals surface area contributed by atoms with Gasteiger partial charge in [0.25, 0.3) is 5.91 Å². The summed E-state index contributed by atoms with van der Waals surface area (Å²) in [5.74, 6) is -0.194. The van der Waals surface area contributed by atoms with E-state index in [1.54, 1.807) is 36.4 Å². The number of benzene rings is 2. The minimum Gasteiger partial charge on any atom is -0.454 e. The molecule has 0 aliphatic carbocycles. The molecule has 1 aliphatic heterocycles. The molecule has 2 amide bonds. The summed E-state index contributed by atoms with van der Waals surface area (Å²) in [5, 5.41) is 16.5. The van der Waals surface area contributed by atoms with Crippen molar-refractivity contribution in [2.45, 2.75) is 64.1 Å². The van der Waals surface area contributed by atoms with Crippen LogP contribution in [0.2, 0.25) is 5.02 Å². The third kappa shape index (κ3) is 6.25. The second kappa shape index (κ2) is 9.42.